The van der Waals surface area contributed by atoms with Crippen LogP contribution < -0.4 is 4.90 Å². The summed E-state index contributed by atoms with van der Waals surface area (Å²) in [5.74, 6) is -0.731. The van der Waals surface area contributed by atoms with Crippen molar-refractivity contribution in [3.63, 3.8) is 0 Å². The number of benzene rings is 3. The van der Waals surface area contributed by atoms with Crippen LogP contribution in [0.3, 0.4) is 0 Å². The second-order valence-electron chi connectivity index (χ2n) is 11.1. The number of amides is 2. The number of hydrogen-bond acceptors (Lipinski definition) is 5. The lowest BCUT2D eigenvalue weighted by atomic mass is 9.82. The van der Waals surface area contributed by atoms with Gasteiger partial charge in [0.2, 0.25) is 5.91 Å². The Balaban J connectivity index is 1.51. The van der Waals surface area contributed by atoms with Gasteiger partial charge in [0.15, 0.2) is 13.9 Å². The summed E-state index contributed by atoms with van der Waals surface area (Å²) in [6.45, 7) is 6.06. The van der Waals surface area contributed by atoms with Crippen LogP contribution >= 0.6 is 0 Å². The number of anilines is 2. The van der Waals surface area contributed by atoms with Crippen molar-refractivity contribution in [2.45, 2.75) is 50.2 Å². The van der Waals surface area contributed by atoms with Gasteiger partial charge in [-0.1, -0.05) is 73.7 Å². The molecule has 2 N–H and O–H groups in total. The first kappa shape index (κ1) is 27.3. The average molecular weight is 545 g/mol. The van der Waals surface area contributed by atoms with Gasteiger partial charge in [0.05, 0.1) is 24.8 Å². The van der Waals surface area contributed by atoms with Gasteiger partial charge in [-0.2, -0.15) is 0 Å². The average Bonchev–Trinajstić information content (AvgIpc) is 3.35. The lowest BCUT2D eigenvalue weighted by Crippen LogP contribution is -2.45. The van der Waals surface area contributed by atoms with Crippen molar-refractivity contribution < 1.29 is 24.2 Å². The maximum Gasteiger partial charge on any atom is 0.268 e. The van der Waals surface area contributed by atoms with Gasteiger partial charge in [-0.3, -0.25) is 14.5 Å². The van der Waals surface area contributed by atoms with E-state index in [2.05, 4.69) is 0 Å². The second-order valence-corrected chi connectivity index (χ2v) is 15.1. The van der Waals surface area contributed by atoms with E-state index in [1.54, 1.807) is 9.80 Å². The highest BCUT2D eigenvalue weighted by atomic mass is 28.4. The zero-order chi connectivity index (χ0) is 27.8. The van der Waals surface area contributed by atoms with Crippen molar-refractivity contribution in [3.05, 3.63) is 96.1 Å². The Morgan fingerprint density at radius 3 is 2.26 bits per heavy atom. The zero-order valence-electron chi connectivity index (χ0n) is 22.7. The van der Waals surface area contributed by atoms with E-state index in [9.17, 15) is 19.5 Å². The van der Waals surface area contributed by atoms with Gasteiger partial charge in [0.25, 0.3) is 5.91 Å². The number of para-hydroxylation sites is 2. The summed E-state index contributed by atoms with van der Waals surface area (Å²) in [5, 5.41) is 9.69. The third-order valence-electron chi connectivity index (χ3n) is 8.13. The minimum absolute atomic E-state index is 0.0152. The molecule has 1 saturated heterocycles. The predicted molar refractivity (Wildman–Crippen MR) is 153 cm³/mol. The number of aliphatic hydroxyl groups is 1. The molecule has 39 heavy (non-hydrogen) atoms. The van der Waals surface area contributed by atoms with Crippen molar-refractivity contribution in [3.8, 4) is 0 Å². The minimum atomic E-state index is -2.91. The Hall–Kier alpha value is -3.30. The molecule has 3 aromatic carbocycles. The molecule has 3 aromatic rings. The molecule has 1 spiro atoms. The molecule has 0 bridgehead atoms. The molecule has 2 aliphatic heterocycles. The third-order valence-corrected chi connectivity index (χ3v) is 10.6. The van der Waals surface area contributed by atoms with Gasteiger partial charge in [-0.25, -0.2) is 0 Å². The molecule has 7 nitrogen and oxygen atoms in total. The molecule has 4 atom stereocenters. The predicted octanol–water partition coefficient (Wildman–Crippen LogP) is 4.57. The quantitative estimate of drug-likeness (QED) is 0.406. The molecule has 2 amide bonds. The minimum Gasteiger partial charge on any atom is -0.432 e. The Morgan fingerprint density at radius 2 is 1.62 bits per heavy atom. The van der Waals surface area contributed by atoms with Gasteiger partial charge >= 0.3 is 0 Å². The number of aliphatic hydroxyl groups excluding tert-OH is 1. The molecule has 2 heterocycles. The van der Waals surface area contributed by atoms with Crippen molar-refractivity contribution in [1.82, 2.24) is 4.90 Å². The Bertz CT molecular complexity index is 1330. The van der Waals surface area contributed by atoms with Crippen molar-refractivity contribution >= 4 is 31.5 Å². The highest BCUT2D eigenvalue weighted by molar-refractivity contribution is 6.71. The first-order valence-corrected chi connectivity index (χ1v) is 16.5. The smallest absolute Gasteiger partial charge is 0.268 e. The summed E-state index contributed by atoms with van der Waals surface area (Å²) < 4.78 is 6.77. The normalized spacial score (nSPS) is 24.3. The van der Waals surface area contributed by atoms with E-state index in [1.165, 1.54) is 0 Å². The van der Waals surface area contributed by atoms with Crippen LogP contribution in [0.2, 0.25) is 18.6 Å². The fourth-order valence-corrected chi connectivity index (χ4v) is 9.06. The molecule has 0 aliphatic carbocycles. The third kappa shape index (κ3) is 4.82. The van der Waals surface area contributed by atoms with E-state index in [0.29, 0.717) is 6.54 Å². The van der Waals surface area contributed by atoms with E-state index < -0.39 is 20.0 Å². The number of carbonyl (C=O) groups excluding carboxylic acids is 2. The summed E-state index contributed by atoms with van der Waals surface area (Å²) in [7, 11) is -2.91. The van der Waals surface area contributed by atoms with Crippen LogP contribution in [-0.2, 0) is 26.5 Å². The summed E-state index contributed by atoms with van der Waals surface area (Å²) >= 11 is 0. The van der Waals surface area contributed by atoms with Gasteiger partial charge in [0.1, 0.15) is 0 Å². The van der Waals surface area contributed by atoms with Crippen molar-refractivity contribution in [1.29, 1.82) is 0 Å². The molecule has 0 radical (unpaired) electrons. The standard InChI is InChI=1S/C31H36N2O5Si/c1-22-29(39(2,3)37)27(20-28(35)32(18-19-34)21-23-12-6-4-7-13-23)38-31(22)25-16-10-11-17-26(25)33(30(31)36)24-14-8-5-9-15-24/h4-17,22,27,29,34,37H,18-21H2,1-3H3/t22-,27+,29-,31+/m0/s1. The summed E-state index contributed by atoms with van der Waals surface area (Å²) in [5.41, 5.74) is 1.56. The number of fused-ring (bicyclic) bond motifs is 2. The van der Waals surface area contributed by atoms with Crippen LogP contribution in [0.1, 0.15) is 24.5 Å². The van der Waals surface area contributed by atoms with E-state index in [-0.39, 0.29) is 42.8 Å². The van der Waals surface area contributed by atoms with Crippen LogP contribution in [0, 0.1) is 5.92 Å². The number of hydrogen-bond donors (Lipinski definition) is 2. The van der Waals surface area contributed by atoms with Crippen LogP contribution in [0.15, 0.2) is 84.9 Å². The maximum atomic E-state index is 14.4. The second kappa shape index (κ2) is 10.7. The van der Waals surface area contributed by atoms with Crippen LogP contribution in [0.5, 0.6) is 0 Å². The van der Waals surface area contributed by atoms with Crippen LogP contribution in [-0.4, -0.2) is 54.2 Å². The Morgan fingerprint density at radius 1 is 1.00 bits per heavy atom. The van der Waals surface area contributed by atoms with E-state index in [1.807, 2.05) is 105 Å². The Labute approximate surface area is 230 Å². The molecular weight excluding hydrogens is 508 g/mol. The van der Waals surface area contributed by atoms with Crippen molar-refractivity contribution in [2.75, 3.05) is 18.1 Å². The van der Waals surface area contributed by atoms with Gasteiger partial charge in [-0.15, -0.1) is 0 Å². The Kier molecular flexibility index (Phi) is 7.48. The lowest BCUT2D eigenvalue weighted by Gasteiger charge is -2.32. The van der Waals surface area contributed by atoms with Gasteiger partial charge in [-0.05, 0) is 36.9 Å². The number of rotatable bonds is 8. The monoisotopic (exact) mass is 544 g/mol. The SMILES string of the molecule is C[C@H]1[C@H]([Si](C)(C)O)[C@@H](CC(=O)N(CCO)Cc2ccccc2)O[C@]12C(=O)N(c1ccccc1)c1ccccc12. The molecular formula is C31H36N2O5Si. The lowest BCUT2D eigenvalue weighted by molar-refractivity contribution is -0.149. The molecule has 204 valence electrons. The number of nitrogens with zero attached hydrogens (tertiary/aromatic N) is 2. The molecule has 0 unspecified atom stereocenters. The topological polar surface area (TPSA) is 90.3 Å². The molecule has 0 aromatic heterocycles. The molecule has 5 rings (SSSR count). The number of ether oxygens (including phenoxy) is 1. The first-order chi connectivity index (χ1) is 18.7. The first-order valence-electron chi connectivity index (χ1n) is 13.5. The fourth-order valence-electron chi connectivity index (χ4n) is 6.51. The number of carbonyl (C=O) groups is 2. The fraction of sp³-hybridized carbons (Fsp3) is 0.355. The van der Waals surface area contributed by atoms with E-state index >= 15 is 0 Å². The summed E-state index contributed by atoms with van der Waals surface area (Å²) in [6, 6.07) is 26.8. The highest BCUT2D eigenvalue weighted by Crippen LogP contribution is 2.60. The van der Waals surface area contributed by atoms with E-state index in [0.717, 1.165) is 22.5 Å². The van der Waals surface area contributed by atoms with Crippen molar-refractivity contribution in [2.24, 2.45) is 5.92 Å². The largest absolute Gasteiger partial charge is 0.432 e. The highest BCUT2D eigenvalue weighted by Gasteiger charge is 2.66. The summed E-state index contributed by atoms with van der Waals surface area (Å²) in [6.07, 6.45) is -0.634. The molecule has 8 heteroatoms. The van der Waals surface area contributed by atoms with Crippen LogP contribution in [0.4, 0.5) is 11.4 Å². The zero-order valence-corrected chi connectivity index (χ0v) is 23.7. The van der Waals surface area contributed by atoms with E-state index in [4.69, 9.17) is 4.74 Å². The van der Waals surface area contributed by atoms with Gasteiger partial charge in [0, 0.05) is 35.8 Å². The molecule has 0 saturated carbocycles. The molecule has 1 fully saturated rings. The van der Waals surface area contributed by atoms with Crippen LogP contribution in [0.25, 0.3) is 0 Å². The van der Waals surface area contributed by atoms with Gasteiger partial charge < -0.3 is 19.5 Å². The maximum absolute atomic E-state index is 14.4. The summed E-state index contributed by atoms with van der Waals surface area (Å²) in [4.78, 5) is 42.8. The molecule has 2 aliphatic rings.